The predicted octanol–water partition coefficient (Wildman–Crippen LogP) is 2.76. The third kappa shape index (κ3) is 2.63. The Labute approximate surface area is 113 Å². The number of halogens is 1. The van der Waals surface area contributed by atoms with Crippen molar-refractivity contribution in [2.75, 3.05) is 13.1 Å². The van der Waals surface area contributed by atoms with Crippen molar-refractivity contribution in [3.63, 3.8) is 0 Å². The zero-order valence-corrected chi connectivity index (χ0v) is 11.4. The van der Waals surface area contributed by atoms with E-state index in [1.54, 1.807) is 18.2 Å². The molecule has 0 saturated carbocycles. The van der Waals surface area contributed by atoms with Crippen molar-refractivity contribution in [3.8, 4) is 0 Å². The summed E-state index contributed by atoms with van der Waals surface area (Å²) >= 11 is 0. The van der Waals surface area contributed by atoms with Crippen molar-refractivity contribution in [1.82, 2.24) is 4.90 Å². The normalized spacial score (nSPS) is 24.0. The molecule has 1 fully saturated rings. The Hall–Kier alpha value is -1.42. The molecule has 19 heavy (non-hydrogen) atoms. The Kier molecular flexibility index (Phi) is 3.90. The molecule has 4 heteroatoms. The molecule has 104 valence electrons. The molecule has 1 aromatic rings. The van der Waals surface area contributed by atoms with Crippen LogP contribution in [0.15, 0.2) is 24.3 Å². The molecule has 1 unspecified atom stereocenters. The molecule has 0 radical (unpaired) electrons. The standard InChI is InChI=1S/C15H20FNO2/c1-11(2)15(14(18)19)7-8-17(10-15)9-12-5-3-4-6-13(12)16/h3-6,11H,7-10H2,1-2H3,(H,18,19). The van der Waals surface area contributed by atoms with Gasteiger partial charge >= 0.3 is 5.97 Å². The maximum absolute atomic E-state index is 13.6. The molecular weight excluding hydrogens is 245 g/mol. The molecule has 1 aromatic carbocycles. The second-order valence-electron chi connectivity index (χ2n) is 5.67. The molecule has 1 saturated heterocycles. The second-order valence-corrected chi connectivity index (χ2v) is 5.67. The monoisotopic (exact) mass is 265 g/mol. The van der Waals surface area contributed by atoms with Crippen LogP contribution in [0.4, 0.5) is 4.39 Å². The summed E-state index contributed by atoms with van der Waals surface area (Å²) in [6.45, 7) is 5.57. The average molecular weight is 265 g/mol. The van der Waals surface area contributed by atoms with Gasteiger partial charge in [0, 0.05) is 18.7 Å². The fraction of sp³-hybridized carbons (Fsp3) is 0.533. The van der Waals surface area contributed by atoms with Crippen LogP contribution >= 0.6 is 0 Å². The smallest absolute Gasteiger partial charge is 0.311 e. The number of carboxylic acid groups (broad SMARTS) is 1. The van der Waals surface area contributed by atoms with Crippen molar-refractivity contribution in [1.29, 1.82) is 0 Å². The summed E-state index contributed by atoms with van der Waals surface area (Å²) < 4.78 is 13.6. The summed E-state index contributed by atoms with van der Waals surface area (Å²) in [7, 11) is 0. The molecule has 0 aliphatic carbocycles. The van der Waals surface area contributed by atoms with Gasteiger partial charge in [0.1, 0.15) is 5.82 Å². The molecule has 1 aliphatic heterocycles. The number of hydrogen-bond donors (Lipinski definition) is 1. The number of aliphatic carboxylic acids is 1. The van der Waals surface area contributed by atoms with Gasteiger partial charge in [0.2, 0.25) is 0 Å². The van der Waals surface area contributed by atoms with E-state index in [0.717, 1.165) is 0 Å². The van der Waals surface area contributed by atoms with Crippen LogP contribution < -0.4 is 0 Å². The maximum atomic E-state index is 13.6. The lowest BCUT2D eigenvalue weighted by Gasteiger charge is -2.28. The Balaban J connectivity index is 2.10. The SMILES string of the molecule is CC(C)C1(C(=O)O)CCN(Cc2ccccc2F)C1. The summed E-state index contributed by atoms with van der Waals surface area (Å²) in [5.74, 6) is -0.881. The molecule has 2 rings (SSSR count). The minimum Gasteiger partial charge on any atom is -0.481 e. The summed E-state index contributed by atoms with van der Waals surface area (Å²) in [5, 5.41) is 9.47. The third-order valence-electron chi connectivity index (χ3n) is 4.26. The fourth-order valence-corrected chi connectivity index (χ4v) is 2.81. The minimum absolute atomic E-state index is 0.0793. The van der Waals surface area contributed by atoms with E-state index in [1.165, 1.54) is 6.07 Å². The first kappa shape index (κ1) is 14.0. The Morgan fingerprint density at radius 2 is 2.16 bits per heavy atom. The minimum atomic E-state index is -0.737. The number of hydrogen-bond acceptors (Lipinski definition) is 2. The van der Waals surface area contributed by atoms with E-state index in [-0.39, 0.29) is 11.7 Å². The molecule has 0 amide bonds. The van der Waals surface area contributed by atoms with Crippen molar-refractivity contribution >= 4 is 5.97 Å². The molecular formula is C15H20FNO2. The lowest BCUT2D eigenvalue weighted by molar-refractivity contribution is -0.151. The number of benzene rings is 1. The first-order valence-corrected chi connectivity index (χ1v) is 6.65. The molecule has 0 aromatic heterocycles. The third-order valence-corrected chi connectivity index (χ3v) is 4.26. The van der Waals surface area contributed by atoms with Gasteiger partial charge in [0.05, 0.1) is 5.41 Å². The van der Waals surface area contributed by atoms with Crippen LogP contribution in [0.1, 0.15) is 25.8 Å². The highest BCUT2D eigenvalue weighted by atomic mass is 19.1. The first-order chi connectivity index (χ1) is 8.95. The predicted molar refractivity (Wildman–Crippen MR) is 71.2 cm³/mol. The lowest BCUT2D eigenvalue weighted by Crippen LogP contribution is -2.39. The highest BCUT2D eigenvalue weighted by Crippen LogP contribution is 2.38. The van der Waals surface area contributed by atoms with Gasteiger partial charge in [-0.2, -0.15) is 0 Å². The number of rotatable bonds is 4. The highest BCUT2D eigenvalue weighted by molar-refractivity contribution is 5.75. The molecule has 3 nitrogen and oxygen atoms in total. The van der Waals surface area contributed by atoms with Crippen LogP contribution in [-0.4, -0.2) is 29.1 Å². The summed E-state index contributed by atoms with van der Waals surface area (Å²) in [5.41, 5.74) is -0.0573. The molecule has 1 heterocycles. The van der Waals surface area contributed by atoms with Gasteiger partial charge in [0.15, 0.2) is 0 Å². The van der Waals surface area contributed by atoms with E-state index in [1.807, 2.05) is 18.7 Å². The van der Waals surface area contributed by atoms with Crippen molar-refractivity contribution < 1.29 is 14.3 Å². The zero-order valence-electron chi connectivity index (χ0n) is 11.4. The average Bonchev–Trinajstić information content (AvgIpc) is 2.77. The van der Waals surface area contributed by atoms with Gasteiger partial charge in [-0.1, -0.05) is 32.0 Å². The van der Waals surface area contributed by atoms with E-state index in [2.05, 4.69) is 0 Å². The zero-order chi connectivity index (χ0) is 14.0. The number of carboxylic acids is 1. The van der Waals surface area contributed by atoms with Crippen LogP contribution in [-0.2, 0) is 11.3 Å². The lowest BCUT2D eigenvalue weighted by atomic mass is 9.76. The van der Waals surface area contributed by atoms with E-state index < -0.39 is 11.4 Å². The maximum Gasteiger partial charge on any atom is 0.311 e. The molecule has 0 bridgehead atoms. The molecule has 0 spiro atoms. The van der Waals surface area contributed by atoms with Crippen LogP contribution in [0.25, 0.3) is 0 Å². The topological polar surface area (TPSA) is 40.5 Å². The first-order valence-electron chi connectivity index (χ1n) is 6.65. The van der Waals surface area contributed by atoms with Gasteiger partial charge in [-0.05, 0) is 24.9 Å². The van der Waals surface area contributed by atoms with Gasteiger partial charge in [0.25, 0.3) is 0 Å². The van der Waals surface area contributed by atoms with E-state index in [9.17, 15) is 14.3 Å². The second kappa shape index (κ2) is 5.29. The summed E-state index contributed by atoms with van der Waals surface area (Å²) in [4.78, 5) is 13.6. The number of nitrogens with zero attached hydrogens (tertiary/aromatic N) is 1. The highest BCUT2D eigenvalue weighted by Gasteiger charge is 2.47. The quantitative estimate of drug-likeness (QED) is 0.910. The summed E-state index contributed by atoms with van der Waals surface area (Å²) in [6, 6.07) is 6.67. The molecule has 1 atom stereocenters. The van der Waals surface area contributed by atoms with Gasteiger partial charge < -0.3 is 5.11 Å². The van der Waals surface area contributed by atoms with E-state index >= 15 is 0 Å². The van der Waals surface area contributed by atoms with Gasteiger partial charge in [-0.3, -0.25) is 9.69 Å². The Morgan fingerprint density at radius 3 is 2.68 bits per heavy atom. The Morgan fingerprint density at radius 1 is 1.47 bits per heavy atom. The van der Waals surface area contributed by atoms with Crippen LogP contribution in [0.5, 0.6) is 0 Å². The summed E-state index contributed by atoms with van der Waals surface area (Å²) in [6.07, 6.45) is 0.633. The van der Waals surface area contributed by atoms with E-state index in [4.69, 9.17) is 0 Å². The van der Waals surface area contributed by atoms with E-state index in [0.29, 0.717) is 31.6 Å². The molecule has 1 aliphatic rings. The van der Waals surface area contributed by atoms with Crippen molar-refractivity contribution in [2.24, 2.45) is 11.3 Å². The van der Waals surface area contributed by atoms with Crippen LogP contribution in [0.3, 0.4) is 0 Å². The van der Waals surface area contributed by atoms with Gasteiger partial charge in [-0.15, -0.1) is 0 Å². The number of carbonyl (C=O) groups is 1. The molecule has 1 N–H and O–H groups in total. The Bertz CT molecular complexity index is 475. The van der Waals surface area contributed by atoms with Crippen molar-refractivity contribution in [3.05, 3.63) is 35.6 Å². The van der Waals surface area contributed by atoms with Crippen LogP contribution in [0.2, 0.25) is 0 Å². The number of likely N-dealkylation sites (tertiary alicyclic amines) is 1. The van der Waals surface area contributed by atoms with Crippen molar-refractivity contribution in [2.45, 2.75) is 26.8 Å². The fourth-order valence-electron chi connectivity index (χ4n) is 2.81. The van der Waals surface area contributed by atoms with Crippen LogP contribution in [0, 0.1) is 17.2 Å². The largest absolute Gasteiger partial charge is 0.481 e. The van der Waals surface area contributed by atoms with Gasteiger partial charge in [-0.25, -0.2) is 4.39 Å².